The van der Waals surface area contributed by atoms with Gasteiger partial charge in [0, 0.05) is 25.0 Å². The molecule has 3 nitrogen and oxygen atoms in total. The molecule has 1 unspecified atom stereocenters. The molecule has 1 aromatic heterocycles. The molecule has 2 heterocycles. The predicted octanol–water partition coefficient (Wildman–Crippen LogP) is 1.83. The number of nitrogens with zero attached hydrogens (tertiary/aromatic N) is 2. The number of pyridine rings is 1. The number of hydrogen-bond donors (Lipinski definition) is 1. The SMILES string of the molecule is NCCCC1CCCN1CCc1ccncc1. The molecular weight excluding hydrogens is 210 g/mol. The van der Waals surface area contributed by atoms with Crippen molar-refractivity contribution in [2.24, 2.45) is 5.73 Å². The van der Waals surface area contributed by atoms with Crippen molar-refractivity contribution in [1.82, 2.24) is 9.88 Å². The summed E-state index contributed by atoms with van der Waals surface area (Å²) in [5.74, 6) is 0. The van der Waals surface area contributed by atoms with Crippen molar-refractivity contribution in [3.8, 4) is 0 Å². The van der Waals surface area contributed by atoms with Gasteiger partial charge in [0.1, 0.15) is 0 Å². The first-order valence-electron chi connectivity index (χ1n) is 6.73. The highest BCUT2D eigenvalue weighted by atomic mass is 15.2. The largest absolute Gasteiger partial charge is 0.330 e. The molecule has 0 aliphatic carbocycles. The molecule has 1 fully saturated rings. The zero-order chi connectivity index (χ0) is 11.9. The van der Waals surface area contributed by atoms with Crippen LogP contribution in [0.5, 0.6) is 0 Å². The minimum Gasteiger partial charge on any atom is -0.330 e. The van der Waals surface area contributed by atoms with Crippen LogP contribution in [0.4, 0.5) is 0 Å². The molecule has 0 bridgehead atoms. The average Bonchev–Trinajstić information content (AvgIpc) is 2.82. The summed E-state index contributed by atoms with van der Waals surface area (Å²) in [4.78, 5) is 6.69. The summed E-state index contributed by atoms with van der Waals surface area (Å²) < 4.78 is 0. The van der Waals surface area contributed by atoms with E-state index in [9.17, 15) is 0 Å². The van der Waals surface area contributed by atoms with Crippen LogP contribution < -0.4 is 5.73 Å². The molecule has 1 aliphatic heterocycles. The minimum atomic E-state index is 0.778. The topological polar surface area (TPSA) is 42.1 Å². The summed E-state index contributed by atoms with van der Waals surface area (Å²) in [5, 5.41) is 0. The summed E-state index contributed by atoms with van der Waals surface area (Å²) in [6, 6.07) is 5.01. The molecule has 0 amide bonds. The molecule has 2 N–H and O–H groups in total. The van der Waals surface area contributed by atoms with Crippen LogP contribution in [-0.2, 0) is 6.42 Å². The Morgan fingerprint density at radius 2 is 2.18 bits per heavy atom. The Labute approximate surface area is 104 Å². The third-order valence-electron chi connectivity index (χ3n) is 3.68. The highest BCUT2D eigenvalue weighted by Gasteiger charge is 2.23. The van der Waals surface area contributed by atoms with Crippen molar-refractivity contribution < 1.29 is 0 Å². The minimum absolute atomic E-state index is 0.778. The highest BCUT2D eigenvalue weighted by molar-refractivity contribution is 5.10. The normalized spacial score (nSPS) is 20.9. The van der Waals surface area contributed by atoms with Crippen LogP contribution in [0, 0.1) is 0 Å². The zero-order valence-electron chi connectivity index (χ0n) is 10.5. The van der Waals surface area contributed by atoms with E-state index in [0.29, 0.717) is 0 Å². The Morgan fingerprint density at radius 1 is 1.35 bits per heavy atom. The number of nitrogens with two attached hydrogens (primary N) is 1. The first-order chi connectivity index (χ1) is 8.40. The Hall–Kier alpha value is -0.930. The van der Waals surface area contributed by atoms with Crippen LogP contribution in [0.2, 0.25) is 0 Å². The molecule has 17 heavy (non-hydrogen) atoms. The maximum Gasteiger partial charge on any atom is 0.0270 e. The van der Waals surface area contributed by atoms with Crippen molar-refractivity contribution in [2.75, 3.05) is 19.6 Å². The fourth-order valence-corrected chi connectivity index (χ4v) is 2.69. The van der Waals surface area contributed by atoms with E-state index in [1.54, 1.807) is 0 Å². The fourth-order valence-electron chi connectivity index (χ4n) is 2.69. The van der Waals surface area contributed by atoms with Crippen LogP contribution in [-0.4, -0.2) is 35.6 Å². The molecule has 1 saturated heterocycles. The number of rotatable bonds is 6. The van der Waals surface area contributed by atoms with Gasteiger partial charge in [0.15, 0.2) is 0 Å². The summed E-state index contributed by atoms with van der Waals surface area (Å²) in [6.45, 7) is 3.27. The van der Waals surface area contributed by atoms with Gasteiger partial charge < -0.3 is 10.6 Å². The first-order valence-corrected chi connectivity index (χ1v) is 6.73. The van der Waals surface area contributed by atoms with Crippen molar-refractivity contribution in [1.29, 1.82) is 0 Å². The Bertz CT molecular complexity index is 313. The van der Waals surface area contributed by atoms with E-state index in [4.69, 9.17) is 5.73 Å². The number of likely N-dealkylation sites (tertiary alicyclic amines) is 1. The van der Waals surface area contributed by atoms with E-state index in [2.05, 4.69) is 22.0 Å². The second-order valence-corrected chi connectivity index (χ2v) is 4.87. The first kappa shape index (κ1) is 12.5. The van der Waals surface area contributed by atoms with Crippen molar-refractivity contribution in [3.63, 3.8) is 0 Å². The van der Waals surface area contributed by atoms with Crippen LogP contribution >= 0.6 is 0 Å². The lowest BCUT2D eigenvalue weighted by atomic mass is 10.1. The molecule has 1 atom stereocenters. The average molecular weight is 233 g/mol. The van der Waals surface area contributed by atoms with Gasteiger partial charge in [-0.2, -0.15) is 0 Å². The van der Waals surface area contributed by atoms with Gasteiger partial charge >= 0.3 is 0 Å². The van der Waals surface area contributed by atoms with Crippen LogP contribution in [0.25, 0.3) is 0 Å². The van der Waals surface area contributed by atoms with E-state index in [1.165, 1.54) is 37.9 Å². The quantitative estimate of drug-likeness (QED) is 0.815. The summed E-state index contributed by atoms with van der Waals surface area (Å²) in [6.07, 6.45) is 10.0. The van der Waals surface area contributed by atoms with E-state index in [1.807, 2.05) is 12.4 Å². The summed E-state index contributed by atoms with van der Waals surface area (Å²) >= 11 is 0. The van der Waals surface area contributed by atoms with E-state index < -0.39 is 0 Å². The van der Waals surface area contributed by atoms with Crippen LogP contribution in [0.3, 0.4) is 0 Å². The maximum absolute atomic E-state index is 5.59. The lowest BCUT2D eigenvalue weighted by Crippen LogP contribution is -2.31. The molecule has 3 heteroatoms. The highest BCUT2D eigenvalue weighted by Crippen LogP contribution is 2.21. The van der Waals surface area contributed by atoms with Crippen molar-refractivity contribution >= 4 is 0 Å². The predicted molar refractivity (Wildman–Crippen MR) is 70.8 cm³/mol. The second kappa shape index (κ2) is 6.72. The van der Waals surface area contributed by atoms with Gasteiger partial charge in [-0.05, 0) is 62.9 Å². The van der Waals surface area contributed by atoms with Crippen molar-refractivity contribution in [2.45, 2.75) is 38.1 Å². The molecule has 1 aliphatic rings. The Morgan fingerprint density at radius 3 is 2.94 bits per heavy atom. The van der Waals surface area contributed by atoms with Gasteiger partial charge in [-0.1, -0.05) is 0 Å². The van der Waals surface area contributed by atoms with Crippen molar-refractivity contribution in [3.05, 3.63) is 30.1 Å². The third kappa shape index (κ3) is 3.79. The van der Waals surface area contributed by atoms with Crippen LogP contribution in [0.15, 0.2) is 24.5 Å². The van der Waals surface area contributed by atoms with Gasteiger partial charge in [0.25, 0.3) is 0 Å². The van der Waals surface area contributed by atoms with E-state index in [-0.39, 0.29) is 0 Å². The summed E-state index contributed by atoms with van der Waals surface area (Å²) in [7, 11) is 0. The molecule has 1 aromatic rings. The van der Waals surface area contributed by atoms with Gasteiger partial charge in [0.05, 0.1) is 0 Å². The second-order valence-electron chi connectivity index (χ2n) is 4.87. The molecule has 0 aromatic carbocycles. The molecule has 0 spiro atoms. The standard InChI is InChI=1S/C14H23N3/c15-8-1-3-14-4-2-11-17(14)12-7-13-5-9-16-10-6-13/h5-6,9-10,14H,1-4,7-8,11-12,15H2. The lowest BCUT2D eigenvalue weighted by molar-refractivity contribution is 0.243. The molecular formula is C14H23N3. The van der Waals surface area contributed by atoms with Gasteiger partial charge in [-0.25, -0.2) is 0 Å². The smallest absolute Gasteiger partial charge is 0.0270 e. The summed E-state index contributed by atoms with van der Waals surface area (Å²) in [5.41, 5.74) is 6.98. The molecule has 94 valence electrons. The number of aromatic nitrogens is 1. The van der Waals surface area contributed by atoms with Crippen LogP contribution in [0.1, 0.15) is 31.2 Å². The Kier molecular flexibility index (Phi) is 4.95. The molecule has 2 rings (SSSR count). The molecule has 0 saturated carbocycles. The van der Waals surface area contributed by atoms with Gasteiger partial charge in [-0.15, -0.1) is 0 Å². The lowest BCUT2D eigenvalue weighted by Gasteiger charge is -2.24. The monoisotopic (exact) mass is 233 g/mol. The fraction of sp³-hybridized carbons (Fsp3) is 0.643. The third-order valence-corrected chi connectivity index (χ3v) is 3.68. The molecule has 0 radical (unpaired) electrons. The van der Waals surface area contributed by atoms with Gasteiger partial charge in [-0.3, -0.25) is 4.98 Å². The van der Waals surface area contributed by atoms with Gasteiger partial charge in [0.2, 0.25) is 0 Å². The Balaban J connectivity index is 1.78. The maximum atomic E-state index is 5.59. The zero-order valence-corrected chi connectivity index (χ0v) is 10.5. The van der Waals surface area contributed by atoms with E-state index in [0.717, 1.165) is 25.4 Å². The van der Waals surface area contributed by atoms with E-state index >= 15 is 0 Å². The number of hydrogen-bond acceptors (Lipinski definition) is 3.